The number of carboxylic acids is 1. The van der Waals surface area contributed by atoms with E-state index in [1.807, 2.05) is 6.07 Å². The molecule has 0 aromatic carbocycles. The van der Waals surface area contributed by atoms with Gasteiger partial charge in [-0.25, -0.2) is 18.6 Å². The SMILES string of the molecule is O=C(O)c1oc(-c2cc3c(s2)CCSC3)nc1C(F)F. The van der Waals surface area contributed by atoms with Crippen LogP contribution < -0.4 is 0 Å². The molecule has 20 heavy (non-hydrogen) atoms. The third kappa shape index (κ3) is 2.33. The third-order valence-electron chi connectivity index (χ3n) is 2.89. The number of hydrogen-bond donors (Lipinski definition) is 1. The number of oxazole rings is 1. The van der Waals surface area contributed by atoms with E-state index in [1.54, 1.807) is 11.8 Å². The Morgan fingerprint density at radius 1 is 1.50 bits per heavy atom. The molecule has 0 atom stereocenters. The van der Waals surface area contributed by atoms with E-state index in [9.17, 15) is 13.6 Å². The average molecular weight is 317 g/mol. The number of alkyl halides is 2. The highest BCUT2D eigenvalue weighted by Gasteiger charge is 2.28. The van der Waals surface area contributed by atoms with Crippen molar-refractivity contribution in [3.8, 4) is 10.8 Å². The van der Waals surface area contributed by atoms with Gasteiger partial charge in [-0.05, 0) is 23.8 Å². The Morgan fingerprint density at radius 3 is 2.90 bits per heavy atom. The molecule has 1 aliphatic heterocycles. The van der Waals surface area contributed by atoms with Crippen LogP contribution in [0.15, 0.2) is 10.5 Å². The molecular formula is C12H9F2NO3S2. The number of thiophene rings is 1. The zero-order valence-corrected chi connectivity index (χ0v) is 11.7. The van der Waals surface area contributed by atoms with Gasteiger partial charge in [0.25, 0.3) is 6.43 Å². The molecule has 0 saturated heterocycles. The van der Waals surface area contributed by atoms with Crippen LogP contribution in [0.2, 0.25) is 0 Å². The number of rotatable bonds is 3. The number of aryl methyl sites for hydroxylation is 1. The number of halogens is 2. The second-order valence-electron chi connectivity index (χ2n) is 4.20. The Kier molecular flexibility index (Phi) is 3.51. The van der Waals surface area contributed by atoms with Crippen LogP contribution in [0.4, 0.5) is 8.78 Å². The Bertz CT molecular complexity index is 642. The van der Waals surface area contributed by atoms with E-state index in [4.69, 9.17) is 9.52 Å². The summed E-state index contributed by atoms with van der Waals surface area (Å²) in [6.45, 7) is 0. The van der Waals surface area contributed by atoms with Crippen molar-refractivity contribution in [3.05, 3.63) is 28.0 Å². The maximum absolute atomic E-state index is 12.8. The molecule has 4 nitrogen and oxygen atoms in total. The lowest BCUT2D eigenvalue weighted by molar-refractivity contribution is 0.0647. The molecule has 3 heterocycles. The summed E-state index contributed by atoms with van der Waals surface area (Å²) in [6, 6.07) is 1.85. The molecular weight excluding hydrogens is 308 g/mol. The topological polar surface area (TPSA) is 63.3 Å². The summed E-state index contributed by atoms with van der Waals surface area (Å²) in [6.07, 6.45) is -2.04. The van der Waals surface area contributed by atoms with Crippen LogP contribution in [0.5, 0.6) is 0 Å². The van der Waals surface area contributed by atoms with Gasteiger partial charge in [-0.15, -0.1) is 11.3 Å². The van der Waals surface area contributed by atoms with Gasteiger partial charge in [-0.2, -0.15) is 11.8 Å². The number of aromatic carboxylic acids is 1. The van der Waals surface area contributed by atoms with Crippen molar-refractivity contribution >= 4 is 29.1 Å². The maximum atomic E-state index is 12.8. The average Bonchev–Trinajstić information content (AvgIpc) is 3.02. The minimum absolute atomic E-state index is 0.0397. The van der Waals surface area contributed by atoms with Gasteiger partial charge in [0, 0.05) is 10.6 Å². The summed E-state index contributed by atoms with van der Waals surface area (Å²) in [4.78, 5) is 16.3. The van der Waals surface area contributed by atoms with Gasteiger partial charge in [0.2, 0.25) is 11.7 Å². The van der Waals surface area contributed by atoms with E-state index in [1.165, 1.54) is 16.2 Å². The van der Waals surface area contributed by atoms with Crippen molar-refractivity contribution in [2.75, 3.05) is 5.75 Å². The van der Waals surface area contributed by atoms with Gasteiger partial charge in [-0.1, -0.05) is 0 Å². The van der Waals surface area contributed by atoms with Crippen molar-refractivity contribution in [2.24, 2.45) is 0 Å². The molecule has 3 rings (SSSR count). The van der Waals surface area contributed by atoms with Gasteiger partial charge < -0.3 is 9.52 Å². The maximum Gasteiger partial charge on any atom is 0.374 e. The Morgan fingerprint density at radius 2 is 2.30 bits per heavy atom. The lowest BCUT2D eigenvalue weighted by Gasteiger charge is -2.08. The third-order valence-corrected chi connectivity index (χ3v) is 5.13. The minimum Gasteiger partial charge on any atom is -0.475 e. The lowest BCUT2D eigenvalue weighted by atomic mass is 10.2. The Hall–Kier alpha value is -1.41. The quantitative estimate of drug-likeness (QED) is 0.932. The Labute approximate surface area is 120 Å². The fourth-order valence-electron chi connectivity index (χ4n) is 1.99. The summed E-state index contributed by atoms with van der Waals surface area (Å²) in [7, 11) is 0. The molecule has 0 aliphatic carbocycles. The monoisotopic (exact) mass is 317 g/mol. The summed E-state index contributed by atoms with van der Waals surface area (Å²) < 4.78 is 30.5. The molecule has 0 radical (unpaired) electrons. The van der Waals surface area contributed by atoms with Crippen molar-refractivity contribution in [2.45, 2.75) is 18.6 Å². The van der Waals surface area contributed by atoms with Gasteiger partial charge in [0.15, 0.2) is 5.69 Å². The summed E-state index contributed by atoms with van der Waals surface area (Å²) in [5.74, 6) is -0.449. The van der Waals surface area contributed by atoms with Crippen LogP contribution in [0.25, 0.3) is 10.8 Å². The smallest absolute Gasteiger partial charge is 0.374 e. The second kappa shape index (κ2) is 5.17. The molecule has 106 valence electrons. The van der Waals surface area contributed by atoms with Crippen molar-refractivity contribution in [3.63, 3.8) is 0 Å². The number of thioether (sulfide) groups is 1. The zero-order valence-electron chi connectivity index (χ0n) is 10.1. The first-order chi connectivity index (χ1) is 9.56. The van der Waals surface area contributed by atoms with E-state index in [0.29, 0.717) is 4.88 Å². The van der Waals surface area contributed by atoms with E-state index in [-0.39, 0.29) is 5.89 Å². The summed E-state index contributed by atoms with van der Waals surface area (Å²) >= 11 is 3.23. The van der Waals surface area contributed by atoms with Gasteiger partial charge in [-0.3, -0.25) is 0 Å². The number of carboxylic acid groups (broad SMARTS) is 1. The molecule has 0 saturated carbocycles. The highest BCUT2D eigenvalue weighted by Crippen LogP contribution is 2.38. The normalized spacial score (nSPS) is 14.6. The van der Waals surface area contributed by atoms with E-state index >= 15 is 0 Å². The number of aromatic nitrogens is 1. The van der Waals surface area contributed by atoms with Crippen LogP contribution in [0.3, 0.4) is 0 Å². The molecule has 1 N–H and O–H groups in total. The Balaban J connectivity index is 2.04. The number of fused-ring (bicyclic) bond motifs is 1. The van der Waals surface area contributed by atoms with Crippen LogP contribution in [-0.2, 0) is 12.2 Å². The standard InChI is InChI=1S/C12H9F2NO3S2/c13-10(14)8-9(12(16)17)18-11(15-8)7-3-5-4-19-2-1-6(5)20-7/h3,10H,1-2,4H2,(H,16,17). The van der Waals surface area contributed by atoms with Crippen molar-refractivity contribution in [1.29, 1.82) is 0 Å². The van der Waals surface area contributed by atoms with Crippen LogP contribution in [-0.4, -0.2) is 21.8 Å². The first kappa shape index (κ1) is 13.6. The van der Waals surface area contributed by atoms with Gasteiger partial charge in [0.1, 0.15) is 0 Å². The molecule has 2 aromatic rings. The summed E-state index contributed by atoms with van der Waals surface area (Å²) in [5.41, 5.74) is 0.336. The first-order valence-electron chi connectivity index (χ1n) is 5.78. The van der Waals surface area contributed by atoms with E-state index in [2.05, 4.69) is 4.98 Å². The van der Waals surface area contributed by atoms with E-state index in [0.717, 1.165) is 23.5 Å². The molecule has 1 aliphatic rings. The van der Waals surface area contributed by atoms with Crippen molar-refractivity contribution < 1.29 is 23.1 Å². The van der Waals surface area contributed by atoms with Gasteiger partial charge >= 0.3 is 5.97 Å². The number of nitrogens with zero attached hydrogens (tertiary/aromatic N) is 1. The molecule has 0 spiro atoms. The number of carbonyl (C=O) groups is 1. The highest BCUT2D eigenvalue weighted by atomic mass is 32.2. The molecule has 8 heteroatoms. The number of hydrogen-bond acceptors (Lipinski definition) is 5. The first-order valence-corrected chi connectivity index (χ1v) is 7.75. The largest absolute Gasteiger partial charge is 0.475 e. The zero-order chi connectivity index (χ0) is 14.3. The molecule has 0 bridgehead atoms. The fraction of sp³-hybridized carbons (Fsp3) is 0.333. The predicted octanol–water partition coefficient (Wildman–Crippen LogP) is 3.83. The fourth-order valence-corrected chi connectivity index (χ4v) is 4.29. The van der Waals surface area contributed by atoms with Crippen LogP contribution in [0.1, 0.15) is 33.1 Å². The molecule has 0 unspecified atom stereocenters. The van der Waals surface area contributed by atoms with Gasteiger partial charge in [0.05, 0.1) is 4.88 Å². The summed E-state index contributed by atoms with van der Waals surface area (Å²) in [5, 5.41) is 8.87. The highest BCUT2D eigenvalue weighted by molar-refractivity contribution is 7.98. The molecule has 0 amide bonds. The van der Waals surface area contributed by atoms with Crippen LogP contribution in [0, 0.1) is 0 Å². The second-order valence-corrected chi connectivity index (χ2v) is 6.44. The predicted molar refractivity (Wildman–Crippen MR) is 71.6 cm³/mol. The van der Waals surface area contributed by atoms with E-state index < -0.39 is 23.8 Å². The lowest BCUT2D eigenvalue weighted by Crippen LogP contribution is -1.99. The molecule has 2 aromatic heterocycles. The van der Waals surface area contributed by atoms with Crippen molar-refractivity contribution in [1.82, 2.24) is 4.98 Å². The van der Waals surface area contributed by atoms with Crippen LogP contribution >= 0.6 is 23.1 Å². The molecule has 0 fully saturated rings. The minimum atomic E-state index is -2.97.